The van der Waals surface area contributed by atoms with Crippen LogP contribution >= 0.6 is 11.6 Å². The van der Waals surface area contributed by atoms with Crippen molar-refractivity contribution in [1.82, 2.24) is 0 Å². The van der Waals surface area contributed by atoms with Crippen LogP contribution in [-0.4, -0.2) is 12.6 Å². The SMILES string of the molecule is Cc1ccc(C=O)cc1.O=Cc1ccc(Cl)cc1. The Bertz CT molecular complexity index is 452. The monoisotopic (exact) mass is 260 g/mol. The molecule has 0 aliphatic rings. The predicted molar refractivity (Wildman–Crippen MR) is 73.4 cm³/mol. The maximum atomic E-state index is 10.1. The van der Waals surface area contributed by atoms with Crippen LogP contribution in [0.2, 0.25) is 5.02 Å². The number of hydrogen-bond donors (Lipinski definition) is 0. The molecule has 0 aliphatic heterocycles. The molecule has 0 saturated carbocycles. The maximum absolute atomic E-state index is 10.1. The van der Waals surface area contributed by atoms with Crippen molar-refractivity contribution in [2.75, 3.05) is 0 Å². The van der Waals surface area contributed by atoms with Gasteiger partial charge in [0, 0.05) is 16.1 Å². The lowest BCUT2D eigenvalue weighted by Crippen LogP contribution is -1.77. The Morgan fingerprint density at radius 1 is 0.778 bits per heavy atom. The minimum atomic E-state index is 0.652. The molecule has 0 aromatic heterocycles. The van der Waals surface area contributed by atoms with Crippen LogP contribution in [0.15, 0.2) is 48.5 Å². The number of rotatable bonds is 2. The fourth-order valence-corrected chi connectivity index (χ4v) is 1.31. The van der Waals surface area contributed by atoms with Crippen LogP contribution in [0.5, 0.6) is 0 Å². The molecule has 0 spiro atoms. The number of halogens is 1. The fraction of sp³-hybridized carbons (Fsp3) is 0.0667. The third-order valence-electron chi connectivity index (χ3n) is 2.22. The van der Waals surface area contributed by atoms with Gasteiger partial charge < -0.3 is 0 Å². The molecule has 0 bridgehead atoms. The molecule has 2 nitrogen and oxygen atoms in total. The summed E-state index contributed by atoms with van der Waals surface area (Å²) < 4.78 is 0. The highest BCUT2D eigenvalue weighted by Gasteiger charge is 1.87. The second-order valence-corrected chi connectivity index (χ2v) is 4.13. The number of aryl methyl sites for hydroxylation is 1. The van der Waals surface area contributed by atoms with Crippen LogP contribution in [-0.2, 0) is 0 Å². The zero-order valence-electron chi connectivity index (χ0n) is 9.97. The predicted octanol–water partition coefficient (Wildman–Crippen LogP) is 3.96. The van der Waals surface area contributed by atoms with Gasteiger partial charge in [0.15, 0.2) is 0 Å². The van der Waals surface area contributed by atoms with Crippen molar-refractivity contribution in [1.29, 1.82) is 0 Å². The van der Waals surface area contributed by atoms with Crippen molar-refractivity contribution in [3.63, 3.8) is 0 Å². The first-order chi connectivity index (χ1) is 8.65. The summed E-state index contributed by atoms with van der Waals surface area (Å²) in [5, 5.41) is 0.653. The van der Waals surface area contributed by atoms with E-state index in [1.165, 1.54) is 5.56 Å². The molecule has 0 atom stereocenters. The van der Waals surface area contributed by atoms with Gasteiger partial charge in [0.05, 0.1) is 0 Å². The molecule has 0 aliphatic carbocycles. The molecule has 0 unspecified atom stereocenters. The van der Waals surface area contributed by atoms with E-state index in [2.05, 4.69) is 0 Å². The molecule has 0 amide bonds. The van der Waals surface area contributed by atoms with E-state index in [4.69, 9.17) is 11.6 Å². The van der Waals surface area contributed by atoms with Gasteiger partial charge in [-0.05, 0) is 19.1 Å². The summed E-state index contributed by atoms with van der Waals surface area (Å²) in [7, 11) is 0. The van der Waals surface area contributed by atoms with E-state index in [9.17, 15) is 9.59 Å². The lowest BCUT2D eigenvalue weighted by molar-refractivity contribution is 0.111. The van der Waals surface area contributed by atoms with Gasteiger partial charge in [-0.1, -0.05) is 53.6 Å². The van der Waals surface area contributed by atoms with Crippen molar-refractivity contribution < 1.29 is 9.59 Å². The highest BCUT2D eigenvalue weighted by molar-refractivity contribution is 6.30. The molecule has 2 rings (SSSR count). The van der Waals surface area contributed by atoms with Crippen molar-refractivity contribution in [2.45, 2.75) is 6.92 Å². The molecular weight excluding hydrogens is 248 g/mol. The van der Waals surface area contributed by atoms with E-state index in [1.807, 2.05) is 31.2 Å². The van der Waals surface area contributed by atoms with E-state index in [-0.39, 0.29) is 0 Å². The third-order valence-corrected chi connectivity index (χ3v) is 2.47. The summed E-state index contributed by atoms with van der Waals surface area (Å²) in [5.41, 5.74) is 2.57. The van der Waals surface area contributed by atoms with Crippen LogP contribution < -0.4 is 0 Å². The quantitative estimate of drug-likeness (QED) is 0.766. The summed E-state index contributed by atoms with van der Waals surface area (Å²) in [5.74, 6) is 0. The smallest absolute Gasteiger partial charge is 0.150 e. The van der Waals surface area contributed by atoms with Crippen molar-refractivity contribution >= 4 is 24.2 Å². The summed E-state index contributed by atoms with van der Waals surface area (Å²) in [6, 6.07) is 14.2. The topological polar surface area (TPSA) is 34.1 Å². The highest BCUT2D eigenvalue weighted by Crippen LogP contribution is 2.07. The lowest BCUT2D eigenvalue weighted by atomic mass is 10.2. The zero-order chi connectivity index (χ0) is 13.4. The maximum Gasteiger partial charge on any atom is 0.150 e. The molecule has 92 valence electrons. The minimum Gasteiger partial charge on any atom is -0.298 e. The molecule has 2 aromatic carbocycles. The standard InChI is InChI=1S/C8H8O.C7H5ClO/c1-7-2-4-8(6-9)5-3-7;8-7-3-1-6(5-9)2-4-7/h2-6H,1H3;1-5H. The number of carbonyl (C=O) groups excluding carboxylic acids is 2. The zero-order valence-corrected chi connectivity index (χ0v) is 10.7. The Morgan fingerprint density at radius 2 is 1.17 bits per heavy atom. The Kier molecular flexibility index (Phi) is 5.81. The summed E-state index contributed by atoms with van der Waals surface area (Å²) >= 11 is 5.55. The van der Waals surface area contributed by atoms with Crippen molar-refractivity contribution in [3.8, 4) is 0 Å². The number of carbonyl (C=O) groups is 2. The van der Waals surface area contributed by atoms with Crippen LogP contribution in [0.1, 0.15) is 26.3 Å². The van der Waals surface area contributed by atoms with Gasteiger partial charge in [0.25, 0.3) is 0 Å². The normalized spacial score (nSPS) is 9.00. The average Bonchev–Trinajstić information content (AvgIpc) is 2.41. The van der Waals surface area contributed by atoms with Gasteiger partial charge in [-0.25, -0.2) is 0 Å². The summed E-state index contributed by atoms with van der Waals surface area (Å²) in [4.78, 5) is 20.2. The van der Waals surface area contributed by atoms with Crippen molar-refractivity contribution in [2.24, 2.45) is 0 Å². The van der Waals surface area contributed by atoms with Crippen LogP contribution in [0.3, 0.4) is 0 Å². The molecule has 0 radical (unpaired) electrons. The van der Waals surface area contributed by atoms with Gasteiger partial charge in [-0.2, -0.15) is 0 Å². The first-order valence-corrected chi connectivity index (χ1v) is 5.76. The molecular formula is C15H13ClO2. The van der Waals surface area contributed by atoms with Gasteiger partial charge in [0.1, 0.15) is 12.6 Å². The average molecular weight is 261 g/mol. The van der Waals surface area contributed by atoms with Gasteiger partial charge in [-0.3, -0.25) is 9.59 Å². The van der Waals surface area contributed by atoms with Crippen molar-refractivity contribution in [3.05, 3.63) is 70.2 Å². The van der Waals surface area contributed by atoms with E-state index < -0.39 is 0 Å². The first-order valence-electron chi connectivity index (χ1n) is 5.38. The summed E-state index contributed by atoms with van der Waals surface area (Å²) in [6.45, 7) is 1.99. The Balaban J connectivity index is 0.000000180. The minimum absolute atomic E-state index is 0.652. The van der Waals surface area contributed by atoms with Gasteiger partial charge >= 0.3 is 0 Å². The summed E-state index contributed by atoms with van der Waals surface area (Å²) in [6.07, 6.45) is 1.63. The van der Waals surface area contributed by atoms with Gasteiger partial charge in [0.2, 0.25) is 0 Å². The van der Waals surface area contributed by atoms with Crippen LogP contribution in [0.4, 0.5) is 0 Å². The van der Waals surface area contributed by atoms with Gasteiger partial charge in [-0.15, -0.1) is 0 Å². The first kappa shape index (κ1) is 14.1. The van der Waals surface area contributed by atoms with E-state index >= 15 is 0 Å². The van der Waals surface area contributed by atoms with E-state index in [0.717, 1.165) is 18.1 Å². The molecule has 0 heterocycles. The van der Waals surface area contributed by atoms with E-state index in [0.29, 0.717) is 10.6 Å². The largest absolute Gasteiger partial charge is 0.298 e. The number of benzene rings is 2. The second kappa shape index (κ2) is 7.41. The van der Waals surface area contributed by atoms with E-state index in [1.54, 1.807) is 24.3 Å². The molecule has 0 saturated heterocycles. The number of aldehydes is 2. The second-order valence-electron chi connectivity index (χ2n) is 3.70. The highest BCUT2D eigenvalue weighted by atomic mass is 35.5. The fourth-order valence-electron chi connectivity index (χ4n) is 1.19. The molecule has 18 heavy (non-hydrogen) atoms. The molecule has 2 aromatic rings. The molecule has 0 fully saturated rings. The Labute approximate surface area is 111 Å². The Hall–Kier alpha value is -1.93. The Morgan fingerprint density at radius 3 is 1.56 bits per heavy atom. The van der Waals surface area contributed by atoms with Crippen LogP contribution in [0, 0.1) is 6.92 Å². The van der Waals surface area contributed by atoms with Crippen LogP contribution in [0.25, 0.3) is 0 Å². The lowest BCUT2D eigenvalue weighted by Gasteiger charge is -1.89. The molecule has 3 heteroatoms. The number of hydrogen-bond acceptors (Lipinski definition) is 2. The third kappa shape index (κ3) is 4.93. The molecule has 0 N–H and O–H groups in total.